The highest BCUT2D eigenvalue weighted by Crippen LogP contribution is 2.24. The minimum Gasteiger partial charge on any atom is -0.486 e. The van der Waals surface area contributed by atoms with Crippen LogP contribution in [0.1, 0.15) is 16.3 Å². The lowest BCUT2D eigenvalue weighted by Gasteiger charge is -2.10. The first-order chi connectivity index (χ1) is 13.9. The number of amides is 2. The highest BCUT2D eigenvalue weighted by Gasteiger charge is 2.13. The summed E-state index contributed by atoms with van der Waals surface area (Å²) in [6.45, 7) is 0.211. The maximum atomic E-state index is 12.5. The molecule has 0 fully saturated rings. The molecule has 0 unspecified atom stereocenters. The SMILES string of the molecule is CN(C)C(=O)Sc1cccc(NC(=O)c2ccc(COc3cccc(Br)c3)o2)c1. The van der Waals surface area contributed by atoms with Crippen LogP contribution < -0.4 is 10.1 Å². The van der Waals surface area contributed by atoms with Gasteiger partial charge in [-0.25, -0.2) is 0 Å². The van der Waals surface area contributed by atoms with E-state index in [-0.39, 0.29) is 23.5 Å². The van der Waals surface area contributed by atoms with E-state index in [1.165, 1.54) is 4.90 Å². The molecule has 0 aliphatic heterocycles. The summed E-state index contributed by atoms with van der Waals surface area (Å²) in [5.74, 6) is 1.04. The summed E-state index contributed by atoms with van der Waals surface area (Å²) in [6, 6.07) is 17.9. The summed E-state index contributed by atoms with van der Waals surface area (Å²) in [5.41, 5.74) is 0.579. The molecule has 0 aliphatic rings. The Morgan fingerprint density at radius 2 is 1.90 bits per heavy atom. The van der Waals surface area contributed by atoms with Gasteiger partial charge in [-0.05, 0) is 60.3 Å². The minimum atomic E-state index is -0.375. The molecule has 6 nitrogen and oxygen atoms in total. The van der Waals surface area contributed by atoms with Crippen molar-refractivity contribution in [3.8, 4) is 5.75 Å². The first-order valence-corrected chi connectivity index (χ1v) is 10.3. The first kappa shape index (κ1) is 21.0. The first-order valence-electron chi connectivity index (χ1n) is 8.68. The number of nitrogens with zero attached hydrogens (tertiary/aromatic N) is 1. The number of hydrogen-bond donors (Lipinski definition) is 1. The fourth-order valence-corrected chi connectivity index (χ4v) is 3.41. The van der Waals surface area contributed by atoms with Crippen LogP contribution in [0.2, 0.25) is 0 Å². The smallest absolute Gasteiger partial charge is 0.291 e. The van der Waals surface area contributed by atoms with Gasteiger partial charge in [-0.2, -0.15) is 0 Å². The van der Waals surface area contributed by atoms with Gasteiger partial charge >= 0.3 is 0 Å². The number of rotatable bonds is 6. The standard InChI is InChI=1S/C21H19BrN2O4S/c1-24(2)21(26)29-18-8-4-6-15(12-18)23-20(25)19-10-9-17(28-19)13-27-16-7-3-5-14(22)11-16/h3-12H,13H2,1-2H3,(H,23,25). The normalized spacial score (nSPS) is 10.4. The van der Waals surface area contributed by atoms with Gasteiger partial charge in [0.05, 0.1) is 0 Å². The predicted molar refractivity (Wildman–Crippen MR) is 117 cm³/mol. The van der Waals surface area contributed by atoms with Gasteiger partial charge in [0.1, 0.15) is 18.1 Å². The fraction of sp³-hybridized carbons (Fsp3) is 0.143. The molecule has 0 radical (unpaired) electrons. The van der Waals surface area contributed by atoms with E-state index in [4.69, 9.17) is 9.15 Å². The number of nitrogens with one attached hydrogen (secondary N) is 1. The molecular formula is C21H19BrN2O4S. The number of halogens is 1. The molecule has 1 N–H and O–H groups in total. The molecule has 0 spiro atoms. The zero-order valence-electron chi connectivity index (χ0n) is 15.8. The Kier molecular flexibility index (Phi) is 7.00. The molecule has 0 atom stereocenters. The van der Waals surface area contributed by atoms with Crippen LogP contribution in [0.25, 0.3) is 0 Å². The van der Waals surface area contributed by atoms with Crippen molar-refractivity contribution >= 4 is 44.5 Å². The Hall–Kier alpha value is -2.71. The van der Waals surface area contributed by atoms with Gasteiger partial charge in [0, 0.05) is 29.2 Å². The summed E-state index contributed by atoms with van der Waals surface area (Å²) < 4.78 is 12.2. The lowest BCUT2D eigenvalue weighted by atomic mass is 10.3. The quantitative estimate of drug-likeness (QED) is 0.467. The molecule has 1 aromatic heterocycles. The van der Waals surface area contributed by atoms with Gasteiger partial charge in [-0.3, -0.25) is 9.59 Å². The third kappa shape index (κ3) is 6.13. The molecule has 0 aliphatic carbocycles. The maximum absolute atomic E-state index is 12.5. The van der Waals surface area contributed by atoms with Crippen molar-refractivity contribution in [2.45, 2.75) is 11.5 Å². The van der Waals surface area contributed by atoms with E-state index in [1.54, 1.807) is 44.4 Å². The number of ether oxygens (including phenoxy) is 1. The van der Waals surface area contributed by atoms with Crippen molar-refractivity contribution in [3.05, 3.63) is 76.7 Å². The Bertz CT molecular complexity index is 1020. The summed E-state index contributed by atoms with van der Waals surface area (Å²) in [5, 5.41) is 2.69. The van der Waals surface area contributed by atoms with Crippen molar-refractivity contribution in [1.82, 2.24) is 4.90 Å². The van der Waals surface area contributed by atoms with E-state index >= 15 is 0 Å². The van der Waals surface area contributed by atoms with Crippen molar-refractivity contribution in [2.75, 3.05) is 19.4 Å². The average Bonchev–Trinajstić information content (AvgIpc) is 3.16. The van der Waals surface area contributed by atoms with Crippen LogP contribution in [0.3, 0.4) is 0 Å². The molecule has 3 aromatic rings. The number of furan rings is 1. The summed E-state index contributed by atoms with van der Waals surface area (Å²) >= 11 is 4.48. The van der Waals surface area contributed by atoms with Gasteiger partial charge < -0.3 is 19.4 Å². The van der Waals surface area contributed by atoms with Crippen LogP contribution in [0.15, 0.2) is 74.4 Å². The number of carbonyl (C=O) groups excluding carboxylic acids is 2. The number of thioether (sulfide) groups is 1. The molecule has 150 valence electrons. The Labute approximate surface area is 181 Å². The number of carbonyl (C=O) groups is 2. The topological polar surface area (TPSA) is 71.8 Å². The van der Waals surface area contributed by atoms with Crippen LogP contribution in [0, 0.1) is 0 Å². The molecule has 0 bridgehead atoms. The molecule has 8 heteroatoms. The second-order valence-corrected chi connectivity index (χ2v) is 8.20. The maximum Gasteiger partial charge on any atom is 0.291 e. The van der Waals surface area contributed by atoms with Crippen molar-refractivity contribution in [2.24, 2.45) is 0 Å². The fourth-order valence-electron chi connectivity index (χ4n) is 2.31. The minimum absolute atomic E-state index is 0.0883. The molecule has 0 saturated heterocycles. The molecule has 3 rings (SSSR count). The molecule has 29 heavy (non-hydrogen) atoms. The lowest BCUT2D eigenvalue weighted by molar-refractivity contribution is 0.0992. The molecular weight excluding hydrogens is 456 g/mol. The van der Waals surface area contributed by atoms with Crippen LogP contribution in [-0.4, -0.2) is 30.1 Å². The third-order valence-electron chi connectivity index (χ3n) is 3.72. The summed E-state index contributed by atoms with van der Waals surface area (Å²) in [4.78, 5) is 26.5. The van der Waals surface area contributed by atoms with Crippen LogP contribution in [-0.2, 0) is 6.61 Å². The highest BCUT2D eigenvalue weighted by molar-refractivity contribution is 9.10. The van der Waals surface area contributed by atoms with E-state index in [2.05, 4.69) is 21.2 Å². The van der Waals surface area contributed by atoms with Gasteiger partial charge in [0.15, 0.2) is 5.76 Å². The van der Waals surface area contributed by atoms with Crippen LogP contribution >= 0.6 is 27.7 Å². The molecule has 2 amide bonds. The van der Waals surface area contributed by atoms with Crippen LogP contribution in [0.4, 0.5) is 10.5 Å². The molecule has 2 aromatic carbocycles. The second-order valence-electron chi connectivity index (χ2n) is 6.26. The summed E-state index contributed by atoms with van der Waals surface area (Å²) in [6.07, 6.45) is 0. The van der Waals surface area contributed by atoms with Crippen molar-refractivity contribution in [3.63, 3.8) is 0 Å². The van der Waals surface area contributed by atoms with Gasteiger partial charge in [0.2, 0.25) is 0 Å². The average molecular weight is 475 g/mol. The monoisotopic (exact) mass is 474 g/mol. The molecule has 0 saturated carbocycles. The van der Waals surface area contributed by atoms with E-state index in [0.717, 1.165) is 21.1 Å². The lowest BCUT2D eigenvalue weighted by Crippen LogP contribution is -2.16. The largest absolute Gasteiger partial charge is 0.486 e. The Morgan fingerprint density at radius 3 is 2.66 bits per heavy atom. The van der Waals surface area contributed by atoms with E-state index < -0.39 is 0 Å². The Morgan fingerprint density at radius 1 is 1.10 bits per heavy atom. The number of hydrogen-bond acceptors (Lipinski definition) is 5. The zero-order valence-corrected chi connectivity index (χ0v) is 18.2. The second kappa shape index (κ2) is 9.67. The molecule has 1 heterocycles. The van der Waals surface area contributed by atoms with Crippen molar-refractivity contribution < 1.29 is 18.7 Å². The Balaban J connectivity index is 1.59. The van der Waals surface area contributed by atoms with E-state index in [9.17, 15) is 9.59 Å². The number of benzene rings is 2. The third-order valence-corrected chi connectivity index (χ3v) is 5.25. The predicted octanol–water partition coefficient (Wildman–Crippen LogP) is 5.65. The van der Waals surface area contributed by atoms with Gasteiger partial charge in [-0.15, -0.1) is 0 Å². The summed E-state index contributed by atoms with van der Waals surface area (Å²) in [7, 11) is 3.38. The van der Waals surface area contributed by atoms with Crippen LogP contribution in [0.5, 0.6) is 5.75 Å². The van der Waals surface area contributed by atoms with Crippen molar-refractivity contribution in [1.29, 1.82) is 0 Å². The highest BCUT2D eigenvalue weighted by atomic mass is 79.9. The van der Waals surface area contributed by atoms with E-state index in [0.29, 0.717) is 17.2 Å². The zero-order chi connectivity index (χ0) is 20.8. The van der Waals surface area contributed by atoms with Gasteiger partial charge in [0.25, 0.3) is 11.1 Å². The number of anilines is 1. The van der Waals surface area contributed by atoms with Gasteiger partial charge in [-0.1, -0.05) is 28.1 Å². The van der Waals surface area contributed by atoms with E-state index in [1.807, 2.05) is 30.3 Å².